The second kappa shape index (κ2) is 6.03. The molecule has 0 saturated carbocycles. The first-order valence-corrected chi connectivity index (χ1v) is 6.77. The van der Waals surface area contributed by atoms with E-state index in [-0.39, 0.29) is 17.5 Å². The third kappa shape index (κ3) is 3.24. The van der Waals surface area contributed by atoms with Crippen LogP contribution in [0.3, 0.4) is 0 Å². The number of hydrogen-bond donors (Lipinski definition) is 2. The Bertz CT molecular complexity index is 504. The van der Waals surface area contributed by atoms with Gasteiger partial charge < -0.3 is 10.1 Å². The number of hydrogen-bond acceptors (Lipinski definition) is 5. The van der Waals surface area contributed by atoms with Crippen LogP contribution in [-0.4, -0.2) is 36.7 Å². The highest BCUT2D eigenvalue weighted by Gasteiger charge is 2.23. The molecule has 102 valence electrons. The molecule has 1 atom stereocenters. The molecule has 5 nitrogen and oxygen atoms in total. The van der Waals surface area contributed by atoms with Crippen molar-refractivity contribution < 1.29 is 18.7 Å². The van der Waals surface area contributed by atoms with Gasteiger partial charge in [-0.2, -0.15) is 0 Å². The number of amides is 1. The molecule has 1 saturated heterocycles. The fourth-order valence-corrected chi connectivity index (χ4v) is 2.60. The maximum atomic E-state index is 13.4. The fourth-order valence-electron chi connectivity index (χ4n) is 1.66. The van der Waals surface area contributed by atoms with Gasteiger partial charge in [0.25, 0.3) is 0 Å². The number of esters is 1. The Kier molecular flexibility index (Phi) is 4.39. The van der Waals surface area contributed by atoms with Gasteiger partial charge in [-0.15, -0.1) is 11.8 Å². The summed E-state index contributed by atoms with van der Waals surface area (Å²) >= 11 is 1.63. The van der Waals surface area contributed by atoms with Crippen LogP contribution in [0.25, 0.3) is 0 Å². The molecule has 0 radical (unpaired) electrons. The standard InChI is InChI=1S/C12H13FN2O3S/c1-18-12(17)8-4-7(2-3-9(8)13)15-11(16)10-5-19-6-14-10/h2-4,10,14H,5-6H2,1H3,(H,15,16). The number of halogens is 1. The number of methoxy groups -OCH3 is 1. The van der Waals surface area contributed by atoms with Crippen molar-refractivity contribution in [2.24, 2.45) is 0 Å². The summed E-state index contributed by atoms with van der Waals surface area (Å²) in [5, 5.41) is 5.66. The van der Waals surface area contributed by atoms with E-state index in [0.717, 1.165) is 11.9 Å². The minimum atomic E-state index is -0.775. The van der Waals surface area contributed by atoms with Crippen molar-refractivity contribution in [1.82, 2.24) is 5.32 Å². The second-order valence-corrected chi connectivity index (χ2v) is 4.98. The molecular formula is C12H13FN2O3S. The zero-order valence-corrected chi connectivity index (χ0v) is 11.1. The number of thioether (sulfide) groups is 1. The summed E-state index contributed by atoms with van der Waals surface area (Å²) in [4.78, 5) is 23.2. The summed E-state index contributed by atoms with van der Waals surface area (Å²) < 4.78 is 17.9. The fraction of sp³-hybridized carbons (Fsp3) is 0.333. The molecule has 1 aromatic carbocycles. The molecule has 7 heteroatoms. The number of ether oxygens (including phenoxy) is 1. The van der Waals surface area contributed by atoms with Gasteiger partial charge in [0.15, 0.2) is 0 Å². The van der Waals surface area contributed by atoms with Gasteiger partial charge in [0, 0.05) is 17.3 Å². The van der Waals surface area contributed by atoms with E-state index >= 15 is 0 Å². The molecule has 1 heterocycles. The van der Waals surface area contributed by atoms with Crippen molar-refractivity contribution in [2.45, 2.75) is 6.04 Å². The summed E-state index contributed by atoms with van der Waals surface area (Å²) in [6.45, 7) is 0. The topological polar surface area (TPSA) is 67.4 Å². The smallest absolute Gasteiger partial charge is 0.340 e. The van der Waals surface area contributed by atoms with E-state index in [4.69, 9.17) is 0 Å². The Morgan fingerprint density at radius 2 is 2.32 bits per heavy atom. The lowest BCUT2D eigenvalue weighted by atomic mass is 10.2. The van der Waals surface area contributed by atoms with Crippen LogP contribution in [0.1, 0.15) is 10.4 Å². The maximum absolute atomic E-state index is 13.4. The quantitative estimate of drug-likeness (QED) is 0.817. The zero-order chi connectivity index (χ0) is 13.8. The summed E-state index contributed by atoms with van der Waals surface area (Å²) in [6, 6.07) is 3.53. The predicted octanol–water partition coefficient (Wildman–Crippen LogP) is 1.21. The molecule has 0 spiro atoms. The van der Waals surface area contributed by atoms with Crippen LogP contribution in [0.5, 0.6) is 0 Å². The molecule has 1 aliphatic rings. The van der Waals surface area contributed by atoms with E-state index in [1.165, 1.54) is 19.2 Å². The monoisotopic (exact) mass is 284 g/mol. The van der Waals surface area contributed by atoms with E-state index < -0.39 is 11.8 Å². The lowest BCUT2D eigenvalue weighted by molar-refractivity contribution is -0.117. The van der Waals surface area contributed by atoms with Gasteiger partial charge in [-0.1, -0.05) is 0 Å². The number of rotatable bonds is 3. The molecule has 0 aromatic heterocycles. The largest absolute Gasteiger partial charge is 0.465 e. The summed E-state index contributed by atoms with van der Waals surface area (Å²) in [5.74, 6) is -0.235. The molecular weight excluding hydrogens is 271 g/mol. The molecule has 2 N–H and O–H groups in total. The Morgan fingerprint density at radius 1 is 1.53 bits per heavy atom. The van der Waals surface area contributed by atoms with Gasteiger partial charge in [-0.3, -0.25) is 10.1 Å². The maximum Gasteiger partial charge on any atom is 0.340 e. The first-order chi connectivity index (χ1) is 9.11. The van der Waals surface area contributed by atoms with Gasteiger partial charge in [0.2, 0.25) is 5.91 Å². The van der Waals surface area contributed by atoms with Crippen LogP contribution in [0, 0.1) is 5.82 Å². The number of carbonyl (C=O) groups excluding carboxylic acids is 2. The molecule has 0 aliphatic carbocycles. The van der Waals surface area contributed by atoms with Crippen molar-refractivity contribution in [2.75, 3.05) is 24.1 Å². The molecule has 2 rings (SSSR count). The van der Waals surface area contributed by atoms with Gasteiger partial charge in [-0.05, 0) is 18.2 Å². The SMILES string of the molecule is COC(=O)c1cc(NC(=O)C2CSCN2)ccc1F. The van der Waals surface area contributed by atoms with Crippen LogP contribution in [0.15, 0.2) is 18.2 Å². The summed E-state index contributed by atoms with van der Waals surface area (Å²) in [7, 11) is 1.17. The number of anilines is 1. The lowest BCUT2D eigenvalue weighted by Crippen LogP contribution is -2.37. The minimum absolute atomic E-state index is 0.200. The van der Waals surface area contributed by atoms with Crippen LogP contribution < -0.4 is 10.6 Å². The van der Waals surface area contributed by atoms with Crippen molar-refractivity contribution in [1.29, 1.82) is 0 Å². The third-order valence-electron chi connectivity index (χ3n) is 2.67. The highest BCUT2D eigenvalue weighted by molar-refractivity contribution is 7.99. The number of carbonyl (C=O) groups is 2. The van der Waals surface area contributed by atoms with Crippen molar-refractivity contribution in [3.63, 3.8) is 0 Å². The lowest BCUT2D eigenvalue weighted by Gasteiger charge is -2.11. The molecule has 1 unspecified atom stereocenters. The molecule has 1 aliphatic heterocycles. The van der Waals surface area contributed by atoms with Crippen molar-refractivity contribution >= 4 is 29.3 Å². The number of benzene rings is 1. The van der Waals surface area contributed by atoms with Gasteiger partial charge >= 0.3 is 5.97 Å². The summed E-state index contributed by atoms with van der Waals surface area (Å²) in [5.41, 5.74) is 0.166. The van der Waals surface area contributed by atoms with Gasteiger partial charge in [0.05, 0.1) is 18.7 Å². The van der Waals surface area contributed by atoms with E-state index in [2.05, 4.69) is 15.4 Å². The zero-order valence-electron chi connectivity index (χ0n) is 10.2. The highest BCUT2D eigenvalue weighted by Crippen LogP contribution is 2.17. The normalized spacial score (nSPS) is 18.1. The number of nitrogens with one attached hydrogen (secondary N) is 2. The molecule has 1 amide bonds. The molecule has 1 fully saturated rings. The first-order valence-electron chi connectivity index (χ1n) is 5.61. The van der Waals surface area contributed by atoms with Gasteiger partial charge in [-0.25, -0.2) is 9.18 Å². The van der Waals surface area contributed by atoms with Crippen molar-refractivity contribution in [3.8, 4) is 0 Å². The molecule has 0 bridgehead atoms. The van der Waals surface area contributed by atoms with Gasteiger partial charge in [0.1, 0.15) is 5.82 Å². The van der Waals surface area contributed by atoms with Crippen LogP contribution in [-0.2, 0) is 9.53 Å². The minimum Gasteiger partial charge on any atom is -0.465 e. The van der Waals surface area contributed by atoms with Crippen LogP contribution >= 0.6 is 11.8 Å². The second-order valence-electron chi connectivity index (χ2n) is 3.95. The average molecular weight is 284 g/mol. The van der Waals surface area contributed by atoms with Crippen molar-refractivity contribution in [3.05, 3.63) is 29.6 Å². The Labute approximate surface area is 113 Å². The van der Waals surface area contributed by atoms with E-state index in [9.17, 15) is 14.0 Å². The average Bonchev–Trinajstić information content (AvgIpc) is 2.94. The third-order valence-corrected chi connectivity index (χ3v) is 3.61. The Balaban J connectivity index is 2.12. The van der Waals surface area contributed by atoms with E-state index in [0.29, 0.717) is 11.4 Å². The predicted molar refractivity (Wildman–Crippen MR) is 70.6 cm³/mol. The summed E-state index contributed by atoms with van der Waals surface area (Å²) in [6.07, 6.45) is 0. The first kappa shape index (κ1) is 13.8. The van der Waals surface area contributed by atoms with E-state index in [1.807, 2.05) is 0 Å². The van der Waals surface area contributed by atoms with Crippen LogP contribution in [0.4, 0.5) is 10.1 Å². The van der Waals surface area contributed by atoms with E-state index in [1.54, 1.807) is 11.8 Å². The highest BCUT2D eigenvalue weighted by atomic mass is 32.2. The molecule has 19 heavy (non-hydrogen) atoms. The van der Waals surface area contributed by atoms with Crippen LogP contribution in [0.2, 0.25) is 0 Å². The Hall–Kier alpha value is -1.60. The molecule has 1 aromatic rings. The Morgan fingerprint density at radius 3 is 2.95 bits per heavy atom.